The number of hydrogen-bond acceptors (Lipinski definition) is 8. The maximum Gasteiger partial charge on any atom is 0.271 e. The minimum absolute atomic E-state index is 0.354. The monoisotopic (exact) mass is 525 g/mol. The minimum atomic E-state index is -1.50. The van der Waals surface area contributed by atoms with Gasteiger partial charge >= 0.3 is 0 Å². The summed E-state index contributed by atoms with van der Waals surface area (Å²) in [7, 11) is 0. The molecule has 1 aliphatic heterocycles. The Bertz CT molecular complexity index is 1220. The van der Waals surface area contributed by atoms with E-state index >= 15 is 0 Å². The molecule has 10 heteroatoms. The lowest BCUT2D eigenvalue weighted by Gasteiger charge is -2.39. The zero-order valence-electron chi connectivity index (χ0n) is 20.1. The Morgan fingerprint density at radius 3 is 2.51 bits per heavy atom. The first kappa shape index (κ1) is 26.7. The van der Waals surface area contributed by atoms with Crippen LogP contribution in [0.4, 0.5) is 0 Å². The Kier molecular flexibility index (Phi) is 8.86. The third-order valence-electron chi connectivity index (χ3n) is 6.01. The van der Waals surface area contributed by atoms with Gasteiger partial charge in [0.2, 0.25) is 0 Å². The molecule has 1 fully saturated rings. The third-order valence-corrected chi connectivity index (χ3v) is 6.38. The summed E-state index contributed by atoms with van der Waals surface area (Å²) < 4.78 is 11.4. The summed E-state index contributed by atoms with van der Waals surface area (Å²) in [6.45, 7) is 2.51. The van der Waals surface area contributed by atoms with E-state index in [0.717, 1.165) is 16.9 Å². The van der Waals surface area contributed by atoms with Gasteiger partial charge < -0.3 is 24.8 Å². The van der Waals surface area contributed by atoms with Crippen molar-refractivity contribution in [2.45, 2.75) is 43.9 Å². The van der Waals surface area contributed by atoms with Crippen LogP contribution in [0.5, 0.6) is 5.75 Å². The molecule has 194 valence electrons. The summed E-state index contributed by atoms with van der Waals surface area (Å²) in [5.74, 6) is 0.305. The van der Waals surface area contributed by atoms with Crippen molar-refractivity contribution in [1.29, 1.82) is 0 Å². The van der Waals surface area contributed by atoms with Crippen molar-refractivity contribution in [2.24, 2.45) is 5.10 Å². The smallest absolute Gasteiger partial charge is 0.271 e. The molecule has 2 heterocycles. The van der Waals surface area contributed by atoms with Crippen molar-refractivity contribution >= 4 is 23.7 Å². The van der Waals surface area contributed by atoms with Crippen LogP contribution in [0.2, 0.25) is 5.02 Å². The number of aliphatic hydroxyl groups excluding tert-OH is 3. The molecule has 0 unspecified atom stereocenters. The number of carbonyl (C=O) groups is 1. The first-order chi connectivity index (χ1) is 17.9. The fraction of sp³-hybridized carbons (Fsp3) is 0.296. The third kappa shape index (κ3) is 6.51. The van der Waals surface area contributed by atoms with E-state index in [1.54, 1.807) is 18.2 Å². The molecule has 3 aromatic rings. The van der Waals surface area contributed by atoms with Gasteiger partial charge in [-0.2, -0.15) is 5.10 Å². The predicted octanol–water partition coefficient (Wildman–Crippen LogP) is 2.66. The van der Waals surface area contributed by atoms with Gasteiger partial charge in [0.05, 0.1) is 12.8 Å². The van der Waals surface area contributed by atoms with Crippen molar-refractivity contribution in [3.63, 3.8) is 0 Å². The number of hydrazone groups is 1. The molecule has 4 rings (SSSR count). The zero-order chi connectivity index (χ0) is 26.4. The van der Waals surface area contributed by atoms with Crippen LogP contribution in [0.15, 0.2) is 72.1 Å². The molecule has 0 radical (unpaired) electrons. The van der Waals surface area contributed by atoms with Crippen LogP contribution in [-0.4, -0.2) is 63.4 Å². The van der Waals surface area contributed by atoms with Crippen LogP contribution in [0.3, 0.4) is 0 Å². The van der Waals surface area contributed by atoms with Gasteiger partial charge in [-0.1, -0.05) is 35.9 Å². The molecule has 1 amide bonds. The van der Waals surface area contributed by atoms with Crippen molar-refractivity contribution in [3.05, 3.63) is 94.3 Å². The van der Waals surface area contributed by atoms with Crippen LogP contribution in [0.25, 0.3) is 0 Å². The average Bonchev–Trinajstić information content (AvgIpc) is 2.91. The highest BCUT2D eigenvalue weighted by atomic mass is 35.5. The van der Waals surface area contributed by atoms with Crippen molar-refractivity contribution in [2.75, 3.05) is 6.61 Å². The van der Waals surface area contributed by atoms with Gasteiger partial charge in [-0.3, -0.25) is 9.78 Å². The largest absolute Gasteiger partial charge is 0.494 e. The standard InChI is InChI=1S/C27H28ClN3O6/c1-2-36-20-6-3-16(4-7-20)13-19-14-18(5-8-21(19)28)26-25(34)24(33)23(32)22(37-26)15-30-31-27(35)17-9-11-29-12-10-17/h3-12,14-15,22-26,32-34H,2,13H2,1H3,(H,31,35)/b30-15+/t22-,23-,24+,25-,26+/m1/s1. The Labute approximate surface area is 219 Å². The minimum Gasteiger partial charge on any atom is -0.494 e. The van der Waals surface area contributed by atoms with E-state index < -0.39 is 36.4 Å². The molecular weight excluding hydrogens is 498 g/mol. The van der Waals surface area contributed by atoms with Gasteiger partial charge in [0.1, 0.15) is 36.3 Å². The number of hydrogen-bond donors (Lipinski definition) is 4. The zero-order valence-corrected chi connectivity index (χ0v) is 20.8. The molecule has 1 saturated heterocycles. The number of amides is 1. The molecule has 0 bridgehead atoms. The van der Waals surface area contributed by atoms with Gasteiger partial charge in [-0.15, -0.1) is 0 Å². The van der Waals surface area contributed by atoms with E-state index in [9.17, 15) is 20.1 Å². The Morgan fingerprint density at radius 1 is 1.08 bits per heavy atom. The Hall–Kier alpha value is -3.34. The van der Waals surface area contributed by atoms with Gasteiger partial charge in [-0.25, -0.2) is 5.43 Å². The summed E-state index contributed by atoms with van der Waals surface area (Å²) in [6, 6.07) is 15.9. The van der Waals surface area contributed by atoms with E-state index in [1.807, 2.05) is 31.2 Å². The summed E-state index contributed by atoms with van der Waals surface area (Å²) in [4.78, 5) is 16.0. The molecule has 0 aliphatic carbocycles. The fourth-order valence-corrected chi connectivity index (χ4v) is 4.22. The number of aromatic nitrogens is 1. The Balaban J connectivity index is 1.49. The highest BCUT2D eigenvalue weighted by molar-refractivity contribution is 6.31. The van der Waals surface area contributed by atoms with Crippen LogP contribution < -0.4 is 10.2 Å². The molecule has 1 aromatic heterocycles. The molecule has 9 nitrogen and oxygen atoms in total. The highest BCUT2D eigenvalue weighted by Crippen LogP contribution is 2.34. The summed E-state index contributed by atoms with van der Waals surface area (Å²) >= 11 is 6.45. The van der Waals surface area contributed by atoms with Crippen molar-refractivity contribution in [1.82, 2.24) is 10.4 Å². The number of carbonyl (C=O) groups excluding carboxylic acids is 1. The lowest BCUT2D eigenvalue weighted by Crippen LogP contribution is -2.54. The second kappa shape index (κ2) is 12.3. The second-order valence-corrected chi connectivity index (χ2v) is 8.96. The number of rotatable bonds is 8. The molecule has 0 spiro atoms. The van der Waals surface area contributed by atoms with Crippen LogP contribution in [0.1, 0.15) is 40.1 Å². The van der Waals surface area contributed by atoms with E-state index in [4.69, 9.17) is 21.1 Å². The second-order valence-electron chi connectivity index (χ2n) is 8.55. The lowest BCUT2D eigenvalue weighted by molar-refractivity contribution is -0.205. The van der Waals surface area contributed by atoms with Crippen LogP contribution in [-0.2, 0) is 11.2 Å². The number of halogens is 1. The summed E-state index contributed by atoms with van der Waals surface area (Å²) in [6.07, 6.45) is -1.75. The van der Waals surface area contributed by atoms with E-state index in [0.29, 0.717) is 29.2 Å². The normalized spacial score (nSPS) is 23.6. The SMILES string of the molecule is CCOc1ccc(Cc2cc([C@@H]3O[C@H](/C=N/NC(=O)c4ccncc4)[C@@H](O)[C@H](O)[C@H]3O)ccc2Cl)cc1. The number of ether oxygens (including phenoxy) is 2. The van der Waals surface area contributed by atoms with Gasteiger partial charge in [0, 0.05) is 23.0 Å². The highest BCUT2D eigenvalue weighted by Gasteiger charge is 2.43. The molecular formula is C27H28ClN3O6. The van der Waals surface area contributed by atoms with Crippen LogP contribution in [0, 0.1) is 0 Å². The molecule has 1 aliphatic rings. The maximum atomic E-state index is 12.2. The summed E-state index contributed by atoms with van der Waals surface area (Å²) in [5, 5.41) is 36.0. The maximum absolute atomic E-state index is 12.2. The number of nitrogens with one attached hydrogen (secondary N) is 1. The quantitative estimate of drug-likeness (QED) is 0.262. The Morgan fingerprint density at radius 2 is 1.81 bits per heavy atom. The number of pyridine rings is 1. The molecule has 37 heavy (non-hydrogen) atoms. The average molecular weight is 526 g/mol. The fourth-order valence-electron chi connectivity index (χ4n) is 4.04. The predicted molar refractivity (Wildman–Crippen MR) is 138 cm³/mol. The van der Waals surface area contributed by atoms with Gasteiger partial charge in [0.25, 0.3) is 5.91 Å². The first-order valence-electron chi connectivity index (χ1n) is 11.8. The number of benzene rings is 2. The summed E-state index contributed by atoms with van der Waals surface area (Å²) in [5.41, 5.74) is 5.08. The molecule has 4 N–H and O–H groups in total. The van der Waals surface area contributed by atoms with Crippen molar-refractivity contribution < 1.29 is 29.6 Å². The van der Waals surface area contributed by atoms with E-state index in [-0.39, 0.29) is 0 Å². The molecule has 5 atom stereocenters. The van der Waals surface area contributed by atoms with Gasteiger partial charge in [0.15, 0.2) is 0 Å². The van der Waals surface area contributed by atoms with Gasteiger partial charge in [-0.05, 0) is 60.4 Å². The van der Waals surface area contributed by atoms with Crippen molar-refractivity contribution in [3.8, 4) is 5.75 Å². The topological polar surface area (TPSA) is 134 Å². The number of nitrogens with zero attached hydrogens (tertiary/aromatic N) is 2. The molecule has 2 aromatic carbocycles. The lowest BCUT2D eigenvalue weighted by atomic mass is 9.90. The number of aliphatic hydroxyl groups is 3. The molecule has 0 saturated carbocycles. The van der Waals surface area contributed by atoms with E-state index in [2.05, 4.69) is 15.5 Å². The first-order valence-corrected chi connectivity index (χ1v) is 12.2. The van der Waals surface area contributed by atoms with Crippen LogP contribution >= 0.6 is 11.6 Å². The van der Waals surface area contributed by atoms with E-state index in [1.165, 1.54) is 30.7 Å².